The molecule has 18 heavy (non-hydrogen) atoms. The van der Waals surface area contributed by atoms with Gasteiger partial charge in [-0.2, -0.15) is 0 Å². The predicted octanol–water partition coefficient (Wildman–Crippen LogP) is 2.04. The van der Waals surface area contributed by atoms with E-state index >= 15 is 0 Å². The molecular weight excluding hydrogens is 230 g/mol. The van der Waals surface area contributed by atoms with Crippen LogP contribution in [0.2, 0.25) is 0 Å². The Balaban J connectivity index is 2.13. The molecule has 5 N–H and O–H groups in total. The molecule has 0 bridgehead atoms. The molecule has 2 rings (SSSR count). The van der Waals surface area contributed by atoms with E-state index in [9.17, 15) is 15.3 Å². The summed E-state index contributed by atoms with van der Waals surface area (Å²) in [6, 6.07) is 3.57. The van der Waals surface area contributed by atoms with Gasteiger partial charge in [-0.15, -0.1) is 0 Å². The van der Waals surface area contributed by atoms with Crippen LogP contribution >= 0.6 is 0 Å². The van der Waals surface area contributed by atoms with Crippen LogP contribution in [-0.4, -0.2) is 21.4 Å². The van der Waals surface area contributed by atoms with Gasteiger partial charge in [0.2, 0.25) is 0 Å². The SMILES string of the molecule is N[C@H](c1cc(O)ccc1O)[C@@H](O)C1CCCCC1. The average molecular weight is 251 g/mol. The summed E-state index contributed by atoms with van der Waals surface area (Å²) in [5.74, 6) is 0.264. The van der Waals surface area contributed by atoms with Gasteiger partial charge in [-0.3, -0.25) is 0 Å². The van der Waals surface area contributed by atoms with E-state index in [4.69, 9.17) is 5.73 Å². The van der Waals surface area contributed by atoms with Gasteiger partial charge >= 0.3 is 0 Å². The monoisotopic (exact) mass is 251 g/mol. The minimum atomic E-state index is -0.669. The van der Waals surface area contributed by atoms with Crippen LogP contribution in [-0.2, 0) is 0 Å². The Hall–Kier alpha value is -1.26. The Bertz CT molecular complexity index is 402. The van der Waals surface area contributed by atoms with Crippen molar-refractivity contribution < 1.29 is 15.3 Å². The Kier molecular flexibility index (Phi) is 4.09. The number of benzene rings is 1. The molecule has 1 aliphatic rings. The van der Waals surface area contributed by atoms with Gasteiger partial charge in [0, 0.05) is 5.56 Å². The fourth-order valence-electron chi connectivity index (χ4n) is 2.76. The highest BCUT2D eigenvalue weighted by Crippen LogP contribution is 2.35. The summed E-state index contributed by atoms with van der Waals surface area (Å²) < 4.78 is 0. The summed E-state index contributed by atoms with van der Waals surface area (Å²) in [5.41, 5.74) is 6.43. The molecule has 0 saturated heterocycles. The van der Waals surface area contributed by atoms with Crippen LogP contribution in [0.25, 0.3) is 0 Å². The molecule has 0 unspecified atom stereocenters. The number of phenolic OH excluding ortho intramolecular Hbond substituents is 2. The number of nitrogens with two attached hydrogens (primary N) is 1. The molecular formula is C14H21NO3. The zero-order chi connectivity index (χ0) is 13.1. The third-order valence-electron chi connectivity index (χ3n) is 3.87. The van der Waals surface area contributed by atoms with Crippen LogP contribution in [0.5, 0.6) is 11.5 Å². The molecule has 0 heterocycles. The van der Waals surface area contributed by atoms with E-state index in [0.717, 1.165) is 25.7 Å². The van der Waals surface area contributed by atoms with Gasteiger partial charge in [-0.1, -0.05) is 19.3 Å². The number of hydrogen-bond donors (Lipinski definition) is 4. The largest absolute Gasteiger partial charge is 0.508 e. The Morgan fingerprint density at radius 1 is 1.11 bits per heavy atom. The molecule has 2 atom stereocenters. The molecule has 0 aromatic heterocycles. The van der Waals surface area contributed by atoms with Crippen molar-refractivity contribution >= 4 is 0 Å². The standard InChI is InChI=1S/C14H21NO3/c15-13(11-8-10(16)6-7-12(11)17)14(18)9-4-2-1-3-5-9/h6-9,13-14,16-18H,1-5,15H2/t13-,14+/m1/s1. The van der Waals surface area contributed by atoms with Crippen molar-refractivity contribution in [3.8, 4) is 11.5 Å². The molecule has 0 amide bonds. The second-order valence-electron chi connectivity index (χ2n) is 5.16. The topological polar surface area (TPSA) is 86.7 Å². The minimum Gasteiger partial charge on any atom is -0.508 e. The summed E-state index contributed by atoms with van der Waals surface area (Å²) in [6.45, 7) is 0. The number of aliphatic hydroxyl groups excluding tert-OH is 1. The molecule has 1 fully saturated rings. The van der Waals surface area contributed by atoms with Crippen molar-refractivity contribution in [3.63, 3.8) is 0 Å². The zero-order valence-corrected chi connectivity index (χ0v) is 10.4. The Morgan fingerprint density at radius 2 is 1.78 bits per heavy atom. The molecule has 100 valence electrons. The third kappa shape index (κ3) is 2.76. The molecule has 0 aliphatic heterocycles. The highest BCUT2D eigenvalue weighted by atomic mass is 16.3. The molecule has 0 radical (unpaired) electrons. The summed E-state index contributed by atoms with van der Waals surface area (Å²) in [7, 11) is 0. The van der Waals surface area contributed by atoms with E-state index in [-0.39, 0.29) is 17.4 Å². The van der Waals surface area contributed by atoms with Crippen LogP contribution < -0.4 is 5.73 Å². The van der Waals surface area contributed by atoms with Crippen LogP contribution in [0.1, 0.15) is 43.7 Å². The summed E-state index contributed by atoms with van der Waals surface area (Å²) >= 11 is 0. The van der Waals surface area contributed by atoms with Gasteiger partial charge in [0.25, 0.3) is 0 Å². The molecule has 1 saturated carbocycles. The van der Waals surface area contributed by atoms with Crippen molar-refractivity contribution in [2.75, 3.05) is 0 Å². The first-order chi connectivity index (χ1) is 8.59. The normalized spacial score (nSPS) is 20.6. The predicted molar refractivity (Wildman–Crippen MR) is 69.3 cm³/mol. The fourth-order valence-corrected chi connectivity index (χ4v) is 2.76. The smallest absolute Gasteiger partial charge is 0.120 e. The maximum absolute atomic E-state index is 10.3. The number of hydrogen-bond acceptors (Lipinski definition) is 4. The van der Waals surface area contributed by atoms with Gasteiger partial charge in [-0.25, -0.2) is 0 Å². The number of aliphatic hydroxyl groups is 1. The van der Waals surface area contributed by atoms with Crippen molar-refractivity contribution in [2.45, 2.75) is 44.2 Å². The summed E-state index contributed by atoms with van der Waals surface area (Å²) in [5, 5.41) is 29.5. The van der Waals surface area contributed by atoms with Crippen LogP contribution in [0.4, 0.5) is 0 Å². The first-order valence-corrected chi connectivity index (χ1v) is 6.55. The lowest BCUT2D eigenvalue weighted by molar-refractivity contribution is 0.0610. The lowest BCUT2D eigenvalue weighted by Crippen LogP contribution is -2.34. The van der Waals surface area contributed by atoms with Crippen LogP contribution in [0.3, 0.4) is 0 Å². The Morgan fingerprint density at radius 3 is 2.44 bits per heavy atom. The lowest BCUT2D eigenvalue weighted by Gasteiger charge is -2.30. The van der Waals surface area contributed by atoms with Crippen molar-refractivity contribution in [1.29, 1.82) is 0 Å². The average Bonchev–Trinajstić information content (AvgIpc) is 2.41. The quantitative estimate of drug-likeness (QED) is 0.619. The van der Waals surface area contributed by atoms with Gasteiger partial charge in [0.1, 0.15) is 11.5 Å². The van der Waals surface area contributed by atoms with E-state index in [1.54, 1.807) is 0 Å². The van der Waals surface area contributed by atoms with E-state index in [2.05, 4.69) is 0 Å². The summed E-state index contributed by atoms with van der Waals surface area (Å²) in [4.78, 5) is 0. The lowest BCUT2D eigenvalue weighted by atomic mass is 9.81. The fraction of sp³-hybridized carbons (Fsp3) is 0.571. The molecule has 0 spiro atoms. The molecule has 4 heteroatoms. The van der Waals surface area contributed by atoms with E-state index in [0.29, 0.717) is 5.56 Å². The van der Waals surface area contributed by atoms with E-state index in [1.165, 1.54) is 24.6 Å². The van der Waals surface area contributed by atoms with Gasteiger partial charge in [-0.05, 0) is 37.0 Å². The van der Waals surface area contributed by atoms with Crippen molar-refractivity contribution in [2.24, 2.45) is 11.7 Å². The number of rotatable bonds is 3. The molecule has 4 nitrogen and oxygen atoms in total. The first kappa shape index (κ1) is 13.2. The van der Waals surface area contributed by atoms with Crippen molar-refractivity contribution in [3.05, 3.63) is 23.8 Å². The maximum atomic E-state index is 10.3. The van der Waals surface area contributed by atoms with E-state index < -0.39 is 12.1 Å². The minimum absolute atomic E-state index is 0.0233. The highest BCUT2D eigenvalue weighted by molar-refractivity contribution is 5.41. The summed E-state index contributed by atoms with van der Waals surface area (Å²) in [6.07, 6.45) is 4.76. The van der Waals surface area contributed by atoms with Gasteiger partial charge in [0.15, 0.2) is 0 Å². The van der Waals surface area contributed by atoms with Crippen LogP contribution in [0.15, 0.2) is 18.2 Å². The van der Waals surface area contributed by atoms with Crippen LogP contribution in [0, 0.1) is 5.92 Å². The van der Waals surface area contributed by atoms with Gasteiger partial charge < -0.3 is 21.1 Å². The molecule has 1 aliphatic carbocycles. The van der Waals surface area contributed by atoms with E-state index in [1.807, 2.05) is 0 Å². The maximum Gasteiger partial charge on any atom is 0.120 e. The highest BCUT2D eigenvalue weighted by Gasteiger charge is 2.29. The molecule has 1 aromatic carbocycles. The number of aromatic hydroxyl groups is 2. The second-order valence-corrected chi connectivity index (χ2v) is 5.16. The van der Waals surface area contributed by atoms with Crippen molar-refractivity contribution in [1.82, 2.24) is 0 Å². The molecule has 1 aromatic rings. The number of phenols is 2. The van der Waals surface area contributed by atoms with Gasteiger partial charge in [0.05, 0.1) is 12.1 Å². The third-order valence-corrected chi connectivity index (χ3v) is 3.87. The second kappa shape index (κ2) is 5.59. The first-order valence-electron chi connectivity index (χ1n) is 6.55. The zero-order valence-electron chi connectivity index (χ0n) is 10.4. The Labute approximate surface area is 107 Å².